The second-order valence-corrected chi connectivity index (χ2v) is 11.6. The Labute approximate surface area is 212 Å². The normalized spacial score (nSPS) is 15.4. The van der Waals surface area contributed by atoms with Crippen LogP contribution in [0, 0.1) is 19.3 Å². The van der Waals surface area contributed by atoms with E-state index in [9.17, 15) is 14.7 Å². The van der Waals surface area contributed by atoms with E-state index >= 15 is 0 Å². The van der Waals surface area contributed by atoms with Crippen LogP contribution >= 0.6 is 11.3 Å². The average Bonchev–Trinajstić information content (AvgIpc) is 3.14. The first kappa shape index (κ1) is 27.4. The number of thiophene rings is 1. The lowest BCUT2D eigenvalue weighted by atomic mass is 9.74. The zero-order valence-corrected chi connectivity index (χ0v) is 22.4. The van der Waals surface area contributed by atoms with Crippen molar-refractivity contribution in [2.45, 2.75) is 79.2 Å². The minimum absolute atomic E-state index is 0.0173. The first-order valence-electron chi connectivity index (χ1n) is 12.5. The summed E-state index contributed by atoms with van der Waals surface area (Å²) in [5, 5.41) is 21.3. The maximum absolute atomic E-state index is 13.2. The maximum atomic E-state index is 13.2. The van der Waals surface area contributed by atoms with Crippen molar-refractivity contribution in [1.29, 1.82) is 0 Å². The minimum Gasteiger partial charge on any atom is -0.490 e. The largest absolute Gasteiger partial charge is 0.490 e. The number of amides is 1. The summed E-state index contributed by atoms with van der Waals surface area (Å²) < 4.78 is 5.89. The molecule has 2 aromatic rings. The summed E-state index contributed by atoms with van der Waals surface area (Å²) in [6.45, 7) is 10.2. The van der Waals surface area contributed by atoms with E-state index in [0.29, 0.717) is 18.3 Å². The van der Waals surface area contributed by atoms with Gasteiger partial charge in [-0.3, -0.25) is 9.59 Å². The summed E-state index contributed by atoms with van der Waals surface area (Å²) in [4.78, 5) is 26.6. The van der Waals surface area contributed by atoms with Crippen LogP contribution < -0.4 is 10.1 Å². The molecule has 1 atom stereocenters. The van der Waals surface area contributed by atoms with E-state index in [4.69, 9.17) is 9.84 Å². The number of carbonyl (C=O) groups is 2. The van der Waals surface area contributed by atoms with Gasteiger partial charge in [0, 0.05) is 17.8 Å². The van der Waals surface area contributed by atoms with Gasteiger partial charge in [0.05, 0.1) is 4.88 Å². The van der Waals surface area contributed by atoms with Crippen molar-refractivity contribution in [3.63, 3.8) is 0 Å². The smallest absolute Gasteiger partial charge is 0.245 e. The van der Waals surface area contributed by atoms with Crippen molar-refractivity contribution in [3.8, 4) is 5.75 Å². The average molecular weight is 502 g/mol. The quantitative estimate of drug-likeness (QED) is 0.403. The number of benzene rings is 1. The molecule has 0 spiro atoms. The Hall–Kier alpha value is -2.22. The molecule has 35 heavy (non-hydrogen) atoms. The lowest BCUT2D eigenvalue weighted by Crippen LogP contribution is -2.36. The molecular formula is C28H39NO5S. The number of aliphatic hydroxyl groups excluding tert-OH is 2. The third-order valence-corrected chi connectivity index (χ3v) is 8.04. The second kappa shape index (κ2) is 11.7. The molecule has 7 heteroatoms. The molecule has 3 rings (SSSR count). The van der Waals surface area contributed by atoms with Crippen LogP contribution in [0.4, 0.5) is 0 Å². The molecule has 1 unspecified atom stereocenters. The Morgan fingerprint density at radius 1 is 1.23 bits per heavy atom. The summed E-state index contributed by atoms with van der Waals surface area (Å²) in [5.41, 5.74) is 6.10. The number of aryl methyl sites for hydroxylation is 4. The van der Waals surface area contributed by atoms with Crippen LogP contribution in [0.25, 0.3) is 0 Å². The van der Waals surface area contributed by atoms with Crippen LogP contribution in [0.1, 0.15) is 76.0 Å². The van der Waals surface area contributed by atoms with Crippen molar-refractivity contribution >= 4 is 23.0 Å². The van der Waals surface area contributed by atoms with E-state index in [1.807, 2.05) is 6.92 Å². The number of carbonyl (C=O) groups excluding carboxylic acids is 2. The fourth-order valence-electron chi connectivity index (χ4n) is 4.82. The van der Waals surface area contributed by atoms with Gasteiger partial charge in [-0.2, -0.15) is 0 Å². The van der Waals surface area contributed by atoms with Crippen LogP contribution in [-0.2, 0) is 30.5 Å². The van der Waals surface area contributed by atoms with Crippen molar-refractivity contribution in [2.75, 3.05) is 19.8 Å². The Balaban J connectivity index is 1.64. The van der Waals surface area contributed by atoms with E-state index < -0.39 is 18.6 Å². The third-order valence-electron chi connectivity index (χ3n) is 6.81. The number of ether oxygens (including phenoxy) is 1. The molecule has 0 fully saturated rings. The van der Waals surface area contributed by atoms with Crippen LogP contribution in [0.15, 0.2) is 12.1 Å². The lowest BCUT2D eigenvalue weighted by Gasteiger charge is -2.30. The molecule has 1 aromatic carbocycles. The minimum atomic E-state index is -0.877. The standard InChI is InChI=1S/C28H39NO5S/c1-6-20-12-19(11-17(2)26(20)34-16-21(31)14-29-25(33)15-30)7-8-24(32)27-22-9-10-28(4,5)13-23(22)18(3)35-27/h11-12,21,30-31H,6-10,13-16H2,1-5H3,(H,29,33). The predicted molar refractivity (Wildman–Crippen MR) is 140 cm³/mol. The summed E-state index contributed by atoms with van der Waals surface area (Å²) in [6.07, 6.45) is 4.23. The zero-order chi connectivity index (χ0) is 25.8. The van der Waals surface area contributed by atoms with Crippen LogP contribution in [0.2, 0.25) is 0 Å². The highest BCUT2D eigenvalue weighted by Gasteiger charge is 2.31. The van der Waals surface area contributed by atoms with Gasteiger partial charge in [0.1, 0.15) is 25.1 Å². The number of aliphatic hydroxyl groups is 2. The van der Waals surface area contributed by atoms with E-state index in [2.05, 4.69) is 45.1 Å². The highest BCUT2D eigenvalue weighted by molar-refractivity contribution is 7.14. The Morgan fingerprint density at radius 2 is 1.97 bits per heavy atom. The number of fused-ring (bicyclic) bond motifs is 1. The number of Topliss-reactive ketones (excluding diaryl/α,β-unsaturated/α-hetero) is 1. The molecular weight excluding hydrogens is 462 g/mol. The molecule has 6 nitrogen and oxygen atoms in total. The van der Waals surface area contributed by atoms with Crippen LogP contribution in [0.5, 0.6) is 5.75 Å². The topological polar surface area (TPSA) is 95.9 Å². The van der Waals surface area contributed by atoms with E-state index in [-0.39, 0.29) is 18.9 Å². The highest BCUT2D eigenvalue weighted by Crippen LogP contribution is 2.41. The zero-order valence-electron chi connectivity index (χ0n) is 21.6. The van der Waals surface area contributed by atoms with Gasteiger partial charge in [0.2, 0.25) is 5.91 Å². The summed E-state index contributed by atoms with van der Waals surface area (Å²) in [6, 6.07) is 4.15. The van der Waals surface area contributed by atoms with Crippen molar-refractivity contribution in [2.24, 2.45) is 5.41 Å². The molecule has 0 saturated heterocycles. The SMILES string of the molecule is CCc1cc(CCC(=O)c2sc(C)c3c2CCC(C)(C)C3)cc(C)c1OCC(O)CNC(=O)CO. The Kier molecular flexibility index (Phi) is 9.13. The number of ketones is 1. The van der Waals surface area contributed by atoms with Gasteiger partial charge < -0.3 is 20.3 Å². The first-order valence-corrected chi connectivity index (χ1v) is 13.3. The molecule has 1 aliphatic carbocycles. The van der Waals surface area contributed by atoms with Gasteiger partial charge >= 0.3 is 0 Å². The molecule has 192 valence electrons. The van der Waals surface area contributed by atoms with E-state index in [0.717, 1.165) is 53.0 Å². The monoisotopic (exact) mass is 501 g/mol. The summed E-state index contributed by atoms with van der Waals surface area (Å²) in [7, 11) is 0. The van der Waals surface area contributed by atoms with Crippen LogP contribution in [0.3, 0.4) is 0 Å². The summed E-state index contributed by atoms with van der Waals surface area (Å²) in [5.74, 6) is 0.444. The van der Waals surface area contributed by atoms with E-state index in [1.54, 1.807) is 11.3 Å². The van der Waals surface area contributed by atoms with Gasteiger partial charge in [-0.05, 0) is 79.2 Å². The molecule has 0 radical (unpaired) electrons. The molecule has 3 N–H and O–H groups in total. The molecule has 1 heterocycles. The fourth-order valence-corrected chi connectivity index (χ4v) is 6.00. The molecule has 0 aliphatic heterocycles. The third kappa shape index (κ3) is 6.93. The van der Waals surface area contributed by atoms with Crippen LogP contribution in [-0.4, -0.2) is 47.8 Å². The van der Waals surface area contributed by atoms with Gasteiger partial charge in [-0.15, -0.1) is 11.3 Å². The van der Waals surface area contributed by atoms with Gasteiger partial charge in [0.15, 0.2) is 5.78 Å². The van der Waals surface area contributed by atoms with Crippen molar-refractivity contribution in [1.82, 2.24) is 5.32 Å². The molecule has 1 aromatic heterocycles. The van der Waals surface area contributed by atoms with Gasteiger partial charge in [-0.1, -0.05) is 32.9 Å². The first-order chi connectivity index (χ1) is 16.5. The number of hydrogen-bond donors (Lipinski definition) is 3. The van der Waals surface area contributed by atoms with Gasteiger partial charge in [0.25, 0.3) is 0 Å². The summed E-state index contributed by atoms with van der Waals surface area (Å²) >= 11 is 1.67. The Morgan fingerprint density at radius 3 is 2.66 bits per heavy atom. The highest BCUT2D eigenvalue weighted by atomic mass is 32.1. The van der Waals surface area contributed by atoms with Gasteiger partial charge in [-0.25, -0.2) is 0 Å². The fraction of sp³-hybridized carbons (Fsp3) is 0.571. The van der Waals surface area contributed by atoms with Crippen molar-refractivity contribution in [3.05, 3.63) is 49.7 Å². The molecule has 1 amide bonds. The number of hydrogen-bond acceptors (Lipinski definition) is 6. The lowest BCUT2D eigenvalue weighted by molar-refractivity contribution is -0.124. The predicted octanol–water partition coefficient (Wildman–Crippen LogP) is 4.11. The number of rotatable bonds is 11. The van der Waals surface area contributed by atoms with E-state index in [1.165, 1.54) is 16.0 Å². The molecule has 0 saturated carbocycles. The molecule has 1 aliphatic rings. The van der Waals surface area contributed by atoms with Crippen molar-refractivity contribution < 1.29 is 24.5 Å². The number of nitrogens with one attached hydrogen (secondary N) is 1. The second-order valence-electron chi connectivity index (χ2n) is 10.4. The molecule has 0 bridgehead atoms. The maximum Gasteiger partial charge on any atom is 0.245 e. The Bertz CT molecular complexity index is 1070.